The first-order valence-electron chi connectivity index (χ1n) is 4.52. The van der Waals surface area contributed by atoms with Crippen LogP contribution in [-0.4, -0.2) is 18.7 Å². The van der Waals surface area contributed by atoms with E-state index >= 15 is 0 Å². The first-order chi connectivity index (χ1) is 7.38. The summed E-state index contributed by atoms with van der Waals surface area (Å²) in [6, 6.07) is 5.39. The number of halogens is 3. The molecule has 0 saturated heterocycles. The first-order valence-corrected chi connectivity index (χ1v) is 5.50. The molecule has 6 heteroatoms. The van der Waals surface area contributed by atoms with Crippen LogP contribution in [0.4, 0.5) is 18.9 Å². The molecule has 0 heterocycles. The molecule has 0 aliphatic rings. The second kappa shape index (κ2) is 5.45. The van der Waals surface area contributed by atoms with Gasteiger partial charge in [-0.15, -0.1) is 0 Å². The Morgan fingerprint density at radius 1 is 1.38 bits per heavy atom. The van der Waals surface area contributed by atoms with Crippen LogP contribution in [0.2, 0.25) is 0 Å². The molecule has 2 N–H and O–H groups in total. The van der Waals surface area contributed by atoms with Crippen molar-refractivity contribution in [3.05, 3.63) is 23.8 Å². The van der Waals surface area contributed by atoms with Crippen molar-refractivity contribution in [3.63, 3.8) is 0 Å². The summed E-state index contributed by atoms with van der Waals surface area (Å²) in [6.07, 6.45) is -4.28. The third-order valence-corrected chi connectivity index (χ3v) is 2.70. The number of rotatable bonds is 4. The maximum absolute atomic E-state index is 11.8. The Kier molecular flexibility index (Phi) is 4.49. The SMILES string of the molecule is Cc1ccc(SCOCC(F)(F)F)c(N)c1. The molecule has 16 heavy (non-hydrogen) atoms. The van der Waals surface area contributed by atoms with Gasteiger partial charge in [-0.1, -0.05) is 17.8 Å². The highest BCUT2D eigenvalue weighted by atomic mass is 32.2. The smallest absolute Gasteiger partial charge is 0.398 e. The molecule has 1 rings (SSSR count). The number of anilines is 1. The van der Waals surface area contributed by atoms with Gasteiger partial charge in [-0.2, -0.15) is 13.2 Å². The molecular weight excluding hydrogens is 239 g/mol. The molecule has 0 spiro atoms. The second-order valence-electron chi connectivity index (χ2n) is 3.27. The van der Waals surface area contributed by atoms with Crippen LogP contribution in [0.15, 0.2) is 23.1 Å². The minimum atomic E-state index is -4.28. The lowest BCUT2D eigenvalue weighted by Crippen LogP contribution is -2.16. The molecule has 0 aliphatic heterocycles. The predicted octanol–water partition coefficient (Wildman–Crippen LogP) is 3.21. The van der Waals surface area contributed by atoms with Crippen molar-refractivity contribution in [1.82, 2.24) is 0 Å². The molecule has 1 aromatic rings. The van der Waals surface area contributed by atoms with Gasteiger partial charge in [0.15, 0.2) is 0 Å². The number of thioether (sulfide) groups is 1. The Morgan fingerprint density at radius 3 is 2.62 bits per heavy atom. The molecule has 0 amide bonds. The monoisotopic (exact) mass is 251 g/mol. The maximum Gasteiger partial charge on any atom is 0.411 e. The summed E-state index contributed by atoms with van der Waals surface area (Å²) in [7, 11) is 0. The zero-order chi connectivity index (χ0) is 12.2. The third-order valence-electron chi connectivity index (χ3n) is 1.73. The fraction of sp³-hybridized carbons (Fsp3) is 0.400. The molecule has 0 unspecified atom stereocenters. The van der Waals surface area contributed by atoms with E-state index < -0.39 is 12.8 Å². The molecule has 0 saturated carbocycles. The lowest BCUT2D eigenvalue weighted by atomic mass is 10.2. The first kappa shape index (κ1) is 13.2. The number of benzene rings is 1. The van der Waals surface area contributed by atoms with Crippen LogP contribution in [0, 0.1) is 6.92 Å². The molecule has 0 radical (unpaired) electrons. The summed E-state index contributed by atoms with van der Waals surface area (Å²) in [5.41, 5.74) is 7.26. The summed E-state index contributed by atoms with van der Waals surface area (Å²) in [5.74, 6) is -0.0627. The van der Waals surface area contributed by atoms with Crippen LogP contribution >= 0.6 is 11.8 Å². The quantitative estimate of drug-likeness (QED) is 0.386. The van der Waals surface area contributed by atoms with E-state index in [1.165, 1.54) is 0 Å². The Hall–Kier alpha value is -0.880. The minimum absolute atomic E-state index is 0.0627. The van der Waals surface area contributed by atoms with E-state index in [4.69, 9.17) is 5.73 Å². The van der Waals surface area contributed by atoms with E-state index in [0.717, 1.165) is 22.2 Å². The Labute approximate surface area is 96.0 Å². The van der Waals surface area contributed by atoms with Gasteiger partial charge in [0.2, 0.25) is 0 Å². The average molecular weight is 251 g/mol. The van der Waals surface area contributed by atoms with Crippen LogP contribution < -0.4 is 5.73 Å². The zero-order valence-corrected chi connectivity index (χ0v) is 9.49. The highest BCUT2D eigenvalue weighted by Gasteiger charge is 2.27. The molecule has 0 aromatic heterocycles. The molecule has 90 valence electrons. The van der Waals surface area contributed by atoms with Gasteiger partial charge in [0.05, 0.1) is 5.94 Å². The van der Waals surface area contributed by atoms with Gasteiger partial charge in [0.25, 0.3) is 0 Å². The summed E-state index contributed by atoms with van der Waals surface area (Å²) < 4.78 is 39.7. The van der Waals surface area contributed by atoms with Crippen molar-refractivity contribution < 1.29 is 17.9 Å². The number of hydrogen-bond acceptors (Lipinski definition) is 3. The van der Waals surface area contributed by atoms with Crippen LogP contribution in [0.25, 0.3) is 0 Å². The Balaban J connectivity index is 2.38. The molecule has 1 aromatic carbocycles. The van der Waals surface area contributed by atoms with Gasteiger partial charge in [0, 0.05) is 10.6 Å². The molecular formula is C10H12F3NOS. The number of nitrogen functional groups attached to an aromatic ring is 1. The largest absolute Gasteiger partial charge is 0.411 e. The average Bonchev–Trinajstić information content (AvgIpc) is 2.13. The molecule has 2 nitrogen and oxygen atoms in total. The Morgan fingerprint density at radius 2 is 2.06 bits per heavy atom. The van der Waals surface area contributed by atoms with E-state index in [1.807, 2.05) is 13.0 Å². The number of aryl methyl sites for hydroxylation is 1. The topological polar surface area (TPSA) is 35.2 Å². The number of hydrogen-bond donors (Lipinski definition) is 1. The molecule has 0 fully saturated rings. The molecule has 0 atom stereocenters. The van der Waals surface area contributed by atoms with Crippen molar-refractivity contribution in [3.8, 4) is 0 Å². The zero-order valence-electron chi connectivity index (χ0n) is 8.67. The van der Waals surface area contributed by atoms with Crippen molar-refractivity contribution >= 4 is 17.4 Å². The van der Waals surface area contributed by atoms with Crippen molar-refractivity contribution in [1.29, 1.82) is 0 Å². The fourth-order valence-corrected chi connectivity index (χ4v) is 1.75. The number of alkyl halides is 3. The number of nitrogens with two attached hydrogens (primary N) is 1. The van der Waals surface area contributed by atoms with Crippen LogP contribution in [-0.2, 0) is 4.74 Å². The lowest BCUT2D eigenvalue weighted by molar-refractivity contribution is -0.168. The van der Waals surface area contributed by atoms with E-state index in [0.29, 0.717) is 5.69 Å². The van der Waals surface area contributed by atoms with Gasteiger partial charge in [-0.05, 0) is 24.6 Å². The normalized spacial score (nSPS) is 11.8. The van der Waals surface area contributed by atoms with Crippen molar-refractivity contribution in [2.24, 2.45) is 0 Å². The summed E-state index contributed by atoms with van der Waals surface area (Å²) in [4.78, 5) is 0.729. The van der Waals surface area contributed by atoms with E-state index in [9.17, 15) is 13.2 Å². The highest BCUT2D eigenvalue weighted by molar-refractivity contribution is 7.99. The standard InChI is InChI=1S/C10H12F3NOS/c1-7-2-3-9(8(14)4-7)16-6-15-5-10(11,12)13/h2-4H,5-6,14H2,1H3. The van der Waals surface area contributed by atoms with Crippen molar-refractivity contribution in [2.75, 3.05) is 18.3 Å². The van der Waals surface area contributed by atoms with Gasteiger partial charge in [-0.3, -0.25) is 0 Å². The minimum Gasteiger partial charge on any atom is -0.398 e. The fourth-order valence-electron chi connectivity index (χ4n) is 1.06. The summed E-state index contributed by atoms with van der Waals surface area (Å²) in [5, 5.41) is 0. The van der Waals surface area contributed by atoms with Crippen molar-refractivity contribution in [2.45, 2.75) is 18.0 Å². The van der Waals surface area contributed by atoms with Crippen LogP contribution in [0.1, 0.15) is 5.56 Å². The van der Waals surface area contributed by atoms with Crippen LogP contribution in [0.5, 0.6) is 0 Å². The summed E-state index contributed by atoms with van der Waals surface area (Å²) >= 11 is 1.15. The predicted molar refractivity (Wildman–Crippen MR) is 58.3 cm³/mol. The third kappa shape index (κ3) is 4.76. The van der Waals surface area contributed by atoms with E-state index in [-0.39, 0.29) is 5.94 Å². The maximum atomic E-state index is 11.8. The molecule has 0 bridgehead atoms. The molecule has 0 aliphatic carbocycles. The Bertz CT molecular complexity index is 354. The van der Waals surface area contributed by atoms with Gasteiger partial charge < -0.3 is 10.5 Å². The van der Waals surface area contributed by atoms with Gasteiger partial charge in [-0.25, -0.2) is 0 Å². The lowest BCUT2D eigenvalue weighted by Gasteiger charge is -2.08. The van der Waals surface area contributed by atoms with Gasteiger partial charge in [0.1, 0.15) is 6.61 Å². The van der Waals surface area contributed by atoms with E-state index in [2.05, 4.69) is 4.74 Å². The second-order valence-corrected chi connectivity index (χ2v) is 4.23. The highest BCUT2D eigenvalue weighted by Crippen LogP contribution is 2.26. The number of ether oxygens (including phenoxy) is 1. The van der Waals surface area contributed by atoms with Crippen LogP contribution in [0.3, 0.4) is 0 Å². The van der Waals surface area contributed by atoms with E-state index in [1.54, 1.807) is 12.1 Å². The van der Waals surface area contributed by atoms with Gasteiger partial charge >= 0.3 is 6.18 Å². The summed E-state index contributed by atoms with van der Waals surface area (Å²) in [6.45, 7) is 0.663.